The molecule has 2 N–H and O–H groups in total. The molecular weight excluding hydrogens is 186 g/mol. The Hall–Kier alpha value is -0.830. The van der Waals surface area contributed by atoms with Gasteiger partial charge in [0.25, 0.3) is 0 Å². The maximum atomic E-state index is 3.96. The Morgan fingerprint density at radius 2 is 2.27 bits per heavy atom. The van der Waals surface area contributed by atoms with Gasteiger partial charge in [0, 0.05) is 24.5 Å². The van der Waals surface area contributed by atoms with Crippen LogP contribution in [0.5, 0.6) is 0 Å². The van der Waals surface area contributed by atoms with E-state index in [0.29, 0.717) is 11.5 Å². The quantitative estimate of drug-likeness (QED) is 0.795. The van der Waals surface area contributed by atoms with Crippen LogP contribution >= 0.6 is 0 Å². The number of H-pyrrole nitrogens is 1. The Balaban J connectivity index is 1.90. The molecule has 0 aromatic carbocycles. The molecule has 1 aromatic heterocycles. The van der Waals surface area contributed by atoms with Gasteiger partial charge in [-0.3, -0.25) is 5.10 Å². The van der Waals surface area contributed by atoms with Crippen molar-refractivity contribution in [2.45, 2.75) is 46.2 Å². The minimum absolute atomic E-state index is 0.348. The van der Waals surface area contributed by atoms with Crippen molar-refractivity contribution in [2.75, 3.05) is 0 Å². The fourth-order valence-electron chi connectivity index (χ4n) is 2.21. The zero-order chi connectivity index (χ0) is 10.9. The van der Waals surface area contributed by atoms with Crippen LogP contribution in [0.4, 0.5) is 0 Å². The summed E-state index contributed by atoms with van der Waals surface area (Å²) in [7, 11) is 0. The van der Waals surface area contributed by atoms with Gasteiger partial charge in [-0.1, -0.05) is 20.8 Å². The zero-order valence-electron chi connectivity index (χ0n) is 9.88. The van der Waals surface area contributed by atoms with Crippen molar-refractivity contribution in [2.24, 2.45) is 11.3 Å². The van der Waals surface area contributed by atoms with Crippen molar-refractivity contribution < 1.29 is 0 Å². The van der Waals surface area contributed by atoms with Crippen LogP contribution in [-0.4, -0.2) is 16.2 Å². The summed E-state index contributed by atoms with van der Waals surface area (Å²) in [5, 5.41) is 10.6. The Morgan fingerprint density at radius 1 is 1.53 bits per heavy atom. The molecule has 3 nitrogen and oxygen atoms in total. The van der Waals surface area contributed by atoms with Gasteiger partial charge in [-0.05, 0) is 30.2 Å². The van der Waals surface area contributed by atoms with Crippen molar-refractivity contribution >= 4 is 0 Å². The first-order chi connectivity index (χ1) is 7.07. The topological polar surface area (TPSA) is 40.7 Å². The van der Waals surface area contributed by atoms with Gasteiger partial charge in [-0.15, -0.1) is 0 Å². The summed E-state index contributed by atoms with van der Waals surface area (Å²) in [5.41, 5.74) is 1.52. The van der Waals surface area contributed by atoms with Crippen molar-refractivity contribution in [3.05, 3.63) is 18.0 Å². The van der Waals surface area contributed by atoms with E-state index in [2.05, 4.69) is 36.3 Å². The Morgan fingerprint density at radius 3 is 2.73 bits per heavy atom. The Labute approximate surface area is 91.7 Å². The third-order valence-corrected chi connectivity index (χ3v) is 3.10. The molecule has 1 aliphatic rings. The van der Waals surface area contributed by atoms with Crippen molar-refractivity contribution in [3.63, 3.8) is 0 Å². The molecule has 1 aliphatic carbocycles. The van der Waals surface area contributed by atoms with Crippen LogP contribution in [0.1, 0.15) is 39.3 Å². The second kappa shape index (κ2) is 3.97. The molecule has 1 atom stereocenters. The summed E-state index contributed by atoms with van der Waals surface area (Å²) in [6.45, 7) is 7.85. The van der Waals surface area contributed by atoms with Gasteiger partial charge in [0.15, 0.2) is 0 Å². The normalized spacial score (nSPS) is 19.1. The second-order valence-electron chi connectivity index (χ2n) is 5.64. The van der Waals surface area contributed by atoms with Gasteiger partial charge in [-0.25, -0.2) is 0 Å². The monoisotopic (exact) mass is 207 g/mol. The lowest BCUT2D eigenvalue weighted by Crippen LogP contribution is -2.41. The van der Waals surface area contributed by atoms with E-state index in [0.717, 1.165) is 12.5 Å². The maximum Gasteiger partial charge on any atom is 0.0490 e. The zero-order valence-corrected chi connectivity index (χ0v) is 9.88. The number of aromatic amines is 1. The second-order valence-corrected chi connectivity index (χ2v) is 5.64. The molecule has 0 bridgehead atoms. The summed E-state index contributed by atoms with van der Waals surface area (Å²) >= 11 is 0. The first kappa shape index (κ1) is 10.7. The fourth-order valence-corrected chi connectivity index (χ4v) is 2.21. The summed E-state index contributed by atoms with van der Waals surface area (Å²) in [5.74, 6) is 0.882. The van der Waals surface area contributed by atoms with E-state index < -0.39 is 0 Å². The van der Waals surface area contributed by atoms with Crippen LogP contribution in [0.25, 0.3) is 0 Å². The highest BCUT2D eigenvalue weighted by Gasteiger charge is 2.38. The molecule has 0 amide bonds. The highest BCUT2D eigenvalue weighted by Crippen LogP contribution is 2.40. The average Bonchev–Trinajstić information content (AvgIpc) is 2.80. The van der Waals surface area contributed by atoms with Crippen molar-refractivity contribution in [3.8, 4) is 0 Å². The van der Waals surface area contributed by atoms with Crippen LogP contribution in [0.3, 0.4) is 0 Å². The summed E-state index contributed by atoms with van der Waals surface area (Å²) < 4.78 is 0. The molecule has 1 unspecified atom stereocenters. The standard InChI is InChI=1S/C12H21N3/c1-12(2,3)11(9-4-5-9)13-8-10-6-7-14-15-10/h6-7,9,11,13H,4-5,8H2,1-3H3,(H,14,15). The Bertz CT molecular complexity index is 293. The van der Waals surface area contributed by atoms with E-state index in [9.17, 15) is 0 Å². The van der Waals surface area contributed by atoms with Gasteiger partial charge in [0.2, 0.25) is 0 Å². The number of hydrogen-bond acceptors (Lipinski definition) is 2. The van der Waals surface area contributed by atoms with E-state index in [-0.39, 0.29) is 0 Å². The van der Waals surface area contributed by atoms with Crippen molar-refractivity contribution in [1.82, 2.24) is 15.5 Å². The number of rotatable bonds is 4. The van der Waals surface area contributed by atoms with E-state index in [1.807, 2.05) is 6.07 Å². The smallest absolute Gasteiger partial charge is 0.0490 e. The largest absolute Gasteiger partial charge is 0.308 e. The lowest BCUT2D eigenvalue weighted by Gasteiger charge is -2.31. The Kier molecular flexibility index (Phi) is 2.83. The molecular formula is C12H21N3. The summed E-state index contributed by atoms with van der Waals surface area (Å²) in [6.07, 6.45) is 4.58. The average molecular weight is 207 g/mol. The van der Waals surface area contributed by atoms with Gasteiger partial charge in [-0.2, -0.15) is 5.10 Å². The first-order valence-electron chi connectivity index (χ1n) is 5.79. The van der Waals surface area contributed by atoms with Crippen LogP contribution in [0, 0.1) is 11.3 Å². The summed E-state index contributed by atoms with van der Waals surface area (Å²) in [4.78, 5) is 0. The number of nitrogens with one attached hydrogen (secondary N) is 2. The predicted molar refractivity (Wildman–Crippen MR) is 61.4 cm³/mol. The van der Waals surface area contributed by atoms with E-state index in [4.69, 9.17) is 0 Å². The fraction of sp³-hybridized carbons (Fsp3) is 0.750. The van der Waals surface area contributed by atoms with Crippen LogP contribution in [-0.2, 0) is 6.54 Å². The molecule has 0 aliphatic heterocycles. The molecule has 15 heavy (non-hydrogen) atoms. The van der Waals surface area contributed by atoms with E-state index in [1.165, 1.54) is 18.5 Å². The van der Waals surface area contributed by atoms with Crippen LogP contribution < -0.4 is 5.32 Å². The number of hydrogen-bond donors (Lipinski definition) is 2. The molecule has 1 aromatic rings. The molecule has 0 spiro atoms. The maximum absolute atomic E-state index is 3.96. The lowest BCUT2D eigenvalue weighted by atomic mass is 9.83. The van der Waals surface area contributed by atoms with Gasteiger partial charge in [0.1, 0.15) is 0 Å². The number of nitrogens with zero attached hydrogens (tertiary/aromatic N) is 1. The van der Waals surface area contributed by atoms with Gasteiger partial charge in [0.05, 0.1) is 0 Å². The van der Waals surface area contributed by atoms with E-state index >= 15 is 0 Å². The third kappa shape index (κ3) is 2.81. The highest BCUT2D eigenvalue weighted by molar-refractivity contribution is 5.00. The molecule has 1 saturated carbocycles. The molecule has 3 heteroatoms. The van der Waals surface area contributed by atoms with E-state index in [1.54, 1.807) is 6.20 Å². The van der Waals surface area contributed by atoms with Gasteiger partial charge >= 0.3 is 0 Å². The highest BCUT2D eigenvalue weighted by atomic mass is 15.1. The minimum Gasteiger partial charge on any atom is -0.308 e. The molecule has 1 heterocycles. The predicted octanol–water partition coefficient (Wildman–Crippen LogP) is 2.32. The van der Waals surface area contributed by atoms with Gasteiger partial charge < -0.3 is 5.32 Å². The van der Waals surface area contributed by atoms with Crippen LogP contribution in [0.2, 0.25) is 0 Å². The van der Waals surface area contributed by atoms with Crippen LogP contribution in [0.15, 0.2) is 12.3 Å². The molecule has 1 fully saturated rings. The minimum atomic E-state index is 0.348. The number of aromatic nitrogens is 2. The SMILES string of the molecule is CC(C)(C)C(NCc1ccn[nH]1)C1CC1. The molecule has 84 valence electrons. The molecule has 2 rings (SSSR count). The third-order valence-electron chi connectivity index (χ3n) is 3.10. The molecule has 0 radical (unpaired) electrons. The summed E-state index contributed by atoms with van der Waals surface area (Å²) in [6, 6.07) is 2.65. The lowest BCUT2D eigenvalue weighted by molar-refractivity contribution is 0.239. The van der Waals surface area contributed by atoms with Crippen molar-refractivity contribution in [1.29, 1.82) is 0 Å². The first-order valence-corrected chi connectivity index (χ1v) is 5.79. The molecule has 0 saturated heterocycles.